The first-order valence-electron chi connectivity index (χ1n) is 10.0. The van der Waals surface area contributed by atoms with E-state index in [1.54, 1.807) is 17.4 Å². The molecule has 3 heterocycles. The average Bonchev–Trinajstić information content (AvgIpc) is 3.39. The van der Waals surface area contributed by atoms with Crippen molar-refractivity contribution in [3.63, 3.8) is 0 Å². The Kier molecular flexibility index (Phi) is 6.57. The van der Waals surface area contributed by atoms with Gasteiger partial charge in [-0.15, -0.1) is 11.3 Å². The number of carbonyl (C=O) groups excluding carboxylic acids is 1. The number of thiazole rings is 1. The van der Waals surface area contributed by atoms with Gasteiger partial charge >= 0.3 is 0 Å². The normalized spacial score (nSPS) is 15.5. The van der Waals surface area contributed by atoms with Crippen molar-refractivity contribution in [1.29, 1.82) is 0 Å². The number of likely N-dealkylation sites (tertiary alicyclic amines) is 1. The van der Waals surface area contributed by atoms with E-state index in [4.69, 9.17) is 26.7 Å². The van der Waals surface area contributed by atoms with Gasteiger partial charge in [-0.05, 0) is 39.1 Å². The molecule has 1 fully saturated rings. The second-order valence-electron chi connectivity index (χ2n) is 7.83. The molecule has 164 valence electrons. The number of hydrogen-bond acceptors (Lipinski definition) is 8. The highest BCUT2D eigenvalue weighted by Gasteiger charge is 2.21. The maximum absolute atomic E-state index is 12.3. The molecule has 2 aromatic heterocycles. The third-order valence-electron chi connectivity index (χ3n) is 5.44. The summed E-state index contributed by atoms with van der Waals surface area (Å²) in [5.41, 5.74) is 7.95. The summed E-state index contributed by atoms with van der Waals surface area (Å²) in [5.74, 6) is -0.444. The van der Waals surface area contributed by atoms with Crippen LogP contribution in [0.4, 0.5) is 11.7 Å². The first-order chi connectivity index (χ1) is 14.9. The van der Waals surface area contributed by atoms with Crippen molar-refractivity contribution in [2.45, 2.75) is 25.4 Å². The lowest BCUT2D eigenvalue weighted by Gasteiger charge is -2.34. The van der Waals surface area contributed by atoms with Gasteiger partial charge in [0.2, 0.25) is 0 Å². The van der Waals surface area contributed by atoms with Crippen LogP contribution in [-0.2, 0) is 6.54 Å². The molecule has 0 unspecified atom stereocenters. The zero-order chi connectivity index (χ0) is 22.0. The minimum absolute atomic E-state index is 0.0637. The van der Waals surface area contributed by atoms with Gasteiger partial charge in [-0.25, -0.2) is 4.98 Å². The number of rotatable bonds is 6. The molecule has 0 radical (unpaired) electrons. The highest BCUT2D eigenvalue weighted by Crippen LogP contribution is 2.31. The molecular weight excluding hydrogens is 436 g/mol. The average molecular weight is 461 g/mol. The lowest BCUT2D eigenvalue weighted by molar-refractivity contribution is 0.102. The number of amides is 1. The third-order valence-corrected chi connectivity index (χ3v) is 6.71. The fraction of sp³-hybridized carbons (Fsp3) is 0.381. The topological polar surface area (TPSA) is 101 Å². The van der Waals surface area contributed by atoms with Crippen molar-refractivity contribution in [2.24, 2.45) is 0 Å². The number of carbonyl (C=O) groups is 1. The van der Waals surface area contributed by atoms with Crippen LogP contribution in [0.2, 0.25) is 5.02 Å². The van der Waals surface area contributed by atoms with Crippen LogP contribution in [0.25, 0.3) is 10.6 Å². The molecule has 4 rings (SSSR count). The molecule has 1 aliphatic heterocycles. The standard InChI is InChI=1S/C21H25ClN6O2S/c1-27(2)15-5-7-28(8-6-15)10-14-12-31-20(24-14)13-3-4-16(22)17(9-13)25-19(29)18-11-30-21(23)26-18/h3-4,9,11-12,15H,5-8,10H2,1-2H3,(H2,23,26)(H,25,29). The molecule has 10 heteroatoms. The Hall–Kier alpha value is -2.46. The largest absolute Gasteiger partial charge is 0.431 e. The first kappa shape index (κ1) is 21.8. The van der Waals surface area contributed by atoms with Crippen LogP contribution in [0, 0.1) is 0 Å². The minimum atomic E-state index is -0.444. The number of benzene rings is 1. The summed E-state index contributed by atoms with van der Waals surface area (Å²) in [5, 5.41) is 6.16. The molecule has 0 bridgehead atoms. The summed E-state index contributed by atoms with van der Waals surface area (Å²) in [6.07, 6.45) is 3.57. The zero-order valence-electron chi connectivity index (χ0n) is 17.5. The molecular formula is C21H25ClN6O2S. The van der Waals surface area contributed by atoms with Gasteiger partial charge in [-0.2, -0.15) is 4.98 Å². The van der Waals surface area contributed by atoms with E-state index in [1.807, 2.05) is 12.1 Å². The number of oxazole rings is 1. The van der Waals surface area contributed by atoms with Crippen LogP contribution in [-0.4, -0.2) is 58.9 Å². The van der Waals surface area contributed by atoms with Gasteiger partial charge in [0.1, 0.15) is 11.3 Å². The number of halogens is 1. The molecule has 31 heavy (non-hydrogen) atoms. The second kappa shape index (κ2) is 9.35. The van der Waals surface area contributed by atoms with Crippen molar-refractivity contribution in [2.75, 3.05) is 38.2 Å². The third kappa shape index (κ3) is 5.24. The fourth-order valence-corrected chi connectivity index (χ4v) is 4.64. The summed E-state index contributed by atoms with van der Waals surface area (Å²) in [7, 11) is 4.30. The molecule has 8 nitrogen and oxygen atoms in total. The van der Waals surface area contributed by atoms with E-state index in [9.17, 15) is 4.79 Å². The van der Waals surface area contributed by atoms with Crippen molar-refractivity contribution < 1.29 is 9.21 Å². The van der Waals surface area contributed by atoms with E-state index in [0.29, 0.717) is 16.8 Å². The molecule has 1 aromatic carbocycles. The van der Waals surface area contributed by atoms with E-state index < -0.39 is 5.91 Å². The number of nitrogens with zero attached hydrogens (tertiary/aromatic N) is 4. The van der Waals surface area contributed by atoms with Gasteiger partial charge in [-0.3, -0.25) is 9.69 Å². The summed E-state index contributed by atoms with van der Waals surface area (Å²) in [6.45, 7) is 3.01. The van der Waals surface area contributed by atoms with E-state index in [2.05, 4.69) is 39.6 Å². The Balaban J connectivity index is 1.43. The molecule has 1 saturated heterocycles. The van der Waals surface area contributed by atoms with Crippen molar-refractivity contribution >= 4 is 40.5 Å². The van der Waals surface area contributed by atoms with E-state index in [1.165, 1.54) is 19.1 Å². The number of nitrogens with one attached hydrogen (secondary N) is 1. The van der Waals surface area contributed by atoms with Crippen molar-refractivity contribution in [3.8, 4) is 10.6 Å². The van der Waals surface area contributed by atoms with Gasteiger partial charge in [0.15, 0.2) is 5.69 Å². The molecule has 1 aliphatic rings. The highest BCUT2D eigenvalue weighted by molar-refractivity contribution is 7.13. The lowest BCUT2D eigenvalue weighted by atomic mass is 10.0. The predicted octanol–water partition coefficient (Wildman–Crippen LogP) is 3.81. The minimum Gasteiger partial charge on any atom is -0.431 e. The van der Waals surface area contributed by atoms with Gasteiger partial charge in [0, 0.05) is 36.6 Å². The Morgan fingerprint density at radius 1 is 1.35 bits per heavy atom. The van der Waals surface area contributed by atoms with Gasteiger partial charge in [-0.1, -0.05) is 17.7 Å². The van der Waals surface area contributed by atoms with Gasteiger partial charge < -0.3 is 20.4 Å². The molecule has 0 atom stereocenters. The maximum atomic E-state index is 12.3. The summed E-state index contributed by atoms with van der Waals surface area (Å²) < 4.78 is 4.89. The predicted molar refractivity (Wildman–Crippen MR) is 123 cm³/mol. The van der Waals surface area contributed by atoms with Crippen LogP contribution in [0.5, 0.6) is 0 Å². The number of aromatic nitrogens is 2. The van der Waals surface area contributed by atoms with E-state index in [0.717, 1.165) is 35.9 Å². The Labute approximate surface area is 190 Å². The van der Waals surface area contributed by atoms with Crippen LogP contribution in [0.1, 0.15) is 29.0 Å². The van der Waals surface area contributed by atoms with Crippen molar-refractivity contribution in [3.05, 3.63) is 46.3 Å². The van der Waals surface area contributed by atoms with Crippen molar-refractivity contribution in [1.82, 2.24) is 19.8 Å². The zero-order valence-corrected chi connectivity index (χ0v) is 19.0. The monoisotopic (exact) mass is 460 g/mol. The second-order valence-corrected chi connectivity index (χ2v) is 9.10. The molecule has 1 amide bonds. The lowest BCUT2D eigenvalue weighted by Crippen LogP contribution is -2.41. The van der Waals surface area contributed by atoms with Crippen LogP contribution >= 0.6 is 22.9 Å². The molecule has 0 spiro atoms. The maximum Gasteiger partial charge on any atom is 0.292 e. The SMILES string of the molecule is CN(C)C1CCN(Cc2csc(-c3ccc(Cl)c(NC(=O)c4coc(N)n4)c3)n2)CC1. The quantitative estimate of drug-likeness (QED) is 0.576. The molecule has 3 aromatic rings. The van der Waals surface area contributed by atoms with E-state index in [-0.39, 0.29) is 11.7 Å². The highest BCUT2D eigenvalue weighted by atomic mass is 35.5. The smallest absolute Gasteiger partial charge is 0.292 e. The number of nitrogens with two attached hydrogens (primary N) is 1. The molecule has 3 N–H and O–H groups in total. The fourth-order valence-electron chi connectivity index (χ4n) is 3.67. The Morgan fingerprint density at radius 3 is 2.81 bits per heavy atom. The number of hydrogen-bond donors (Lipinski definition) is 2. The van der Waals surface area contributed by atoms with Gasteiger partial charge in [0.25, 0.3) is 11.9 Å². The number of anilines is 2. The number of piperidine rings is 1. The van der Waals surface area contributed by atoms with Crippen LogP contribution in [0.3, 0.4) is 0 Å². The Morgan fingerprint density at radius 2 is 2.13 bits per heavy atom. The summed E-state index contributed by atoms with van der Waals surface area (Å²) in [4.78, 5) is 25.8. The van der Waals surface area contributed by atoms with Gasteiger partial charge in [0.05, 0.1) is 16.4 Å². The van der Waals surface area contributed by atoms with E-state index >= 15 is 0 Å². The Bertz CT molecular complexity index is 1060. The number of nitrogen functional groups attached to an aromatic ring is 1. The molecule has 0 saturated carbocycles. The van der Waals surface area contributed by atoms with Crippen LogP contribution in [0.15, 0.2) is 34.3 Å². The summed E-state index contributed by atoms with van der Waals surface area (Å²) >= 11 is 7.86. The molecule has 0 aliphatic carbocycles. The first-order valence-corrected chi connectivity index (χ1v) is 11.3. The summed E-state index contributed by atoms with van der Waals surface area (Å²) in [6, 6.07) is 6.06. The van der Waals surface area contributed by atoms with Crippen LogP contribution < -0.4 is 11.1 Å².